The summed E-state index contributed by atoms with van der Waals surface area (Å²) in [6, 6.07) is 7.00. The highest BCUT2D eigenvalue weighted by atomic mass is 19.1. The number of rotatable bonds is 10. The minimum Gasteiger partial charge on any atom is -0.496 e. The van der Waals surface area contributed by atoms with Crippen LogP contribution in [-0.4, -0.2) is 41.8 Å². The summed E-state index contributed by atoms with van der Waals surface area (Å²) in [4.78, 5) is 46.9. The number of nitrogens with zero attached hydrogens (tertiary/aromatic N) is 1. The second-order valence-corrected chi connectivity index (χ2v) is 7.01. The standard InChI is InChI=1S/C21H23FN4O6/c1-12(27)24-18(9-13-4-3-5-15(22)8-13)21(29)25-17(20(23)28)11-14-10-16(26(30)31)6-7-19(14)32-2/h3-8,10,17-18H,9,11H2,1-2H3,(H2,23,28)(H,24,27)(H,25,29)/t17-,18-/m1/s1. The van der Waals surface area contributed by atoms with Gasteiger partial charge in [0.1, 0.15) is 23.7 Å². The molecule has 2 aromatic carbocycles. The number of primary amides is 1. The van der Waals surface area contributed by atoms with E-state index in [4.69, 9.17) is 10.5 Å². The number of hydrogen-bond acceptors (Lipinski definition) is 6. The number of hydrogen-bond donors (Lipinski definition) is 3. The van der Waals surface area contributed by atoms with Gasteiger partial charge in [0.15, 0.2) is 0 Å². The summed E-state index contributed by atoms with van der Waals surface area (Å²) in [7, 11) is 1.36. The van der Waals surface area contributed by atoms with Crippen LogP contribution in [0.2, 0.25) is 0 Å². The molecule has 0 unspecified atom stereocenters. The van der Waals surface area contributed by atoms with Crippen LogP contribution in [0.1, 0.15) is 18.1 Å². The Bertz CT molecular complexity index is 1030. The highest BCUT2D eigenvalue weighted by Gasteiger charge is 2.27. The van der Waals surface area contributed by atoms with Crippen molar-refractivity contribution in [3.63, 3.8) is 0 Å². The Balaban J connectivity index is 2.25. The van der Waals surface area contributed by atoms with Crippen molar-refractivity contribution in [2.45, 2.75) is 31.8 Å². The molecule has 0 radical (unpaired) electrons. The second kappa shape index (κ2) is 10.8. The third kappa shape index (κ3) is 6.76. The maximum absolute atomic E-state index is 13.5. The third-order valence-corrected chi connectivity index (χ3v) is 4.58. The van der Waals surface area contributed by atoms with Crippen LogP contribution in [0, 0.1) is 15.9 Å². The van der Waals surface area contributed by atoms with Gasteiger partial charge in [0, 0.05) is 37.5 Å². The largest absolute Gasteiger partial charge is 0.496 e. The van der Waals surface area contributed by atoms with E-state index in [-0.39, 0.29) is 29.8 Å². The van der Waals surface area contributed by atoms with Crippen LogP contribution in [0.4, 0.5) is 10.1 Å². The van der Waals surface area contributed by atoms with Crippen molar-refractivity contribution in [3.05, 3.63) is 69.5 Å². The van der Waals surface area contributed by atoms with Gasteiger partial charge >= 0.3 is 0 Å². The Hall–Kier alpha value is -4.02. The molecule has 0 aliphatic rings. The Morgan fingerprint density at radius 1 is 1.12 bits per heavy atom. The molecule has 0 spiro atoms. The average Bonchev–Trinajstić information content (AvgIpc) is 2.72. The molecule has 0 saturated heterocycles. The molecule has 170 valence electrons. The molecule has 0 saturated carbocycles. The van der Waals surface area contributed by atoms with E-state index in [1.807, 2.05) is 0 Å². The predicted molar refractivity (Wildman–Crippen MR) is 112 cm³/mol. The number of ether oxygens (including phenoxy) is 1. The minimum absolute atomic E-state index is 0.0330. The number of nitrogens with two attached hydrogens (primary N) is 1. The fourth-order valence-corrected chi connectivity index (χ4v) is 3.11. The lowest BCUT2D eigenvalue weighted by Gasteiger charge is -2.22. The van der Waals surface area contributed by atoms with Crippen molar-refractivity contribution in [3.8, 4) is 5.75 Å². The first-order valence-corrected chi connectivity index (χ1v) is 9.53. The van der Waals surface area contributed by atoms with E-state index < -0.39 is 40.5 Å². The summed E-state index contributed by atoms with van der Waals surface area (Å²) < 4.78 is 18.7. The monoisotopic (exact) mass is 446 g/mol. The number of nitro benzene ring substituents is 1. The van der Waals surface area contributed by atoms with Crippen molar-refractivity contribution in [2.75, 3.05) is 7.11 Å². The van der Waals surface area contributed by atoms with Crippen molar-refractivity contribution in [1.82, 2.24) is 10.6 Å². The molecule has 0 bridgehead atoms. The van der Waals surface area contributed by atoms with Gasteiger partial charge in [-0.3, -0.25) is 24.5 Å². The minimum atomic E-state index is -1.25. The number of nitrogens with one attached hydrogen (secondary N) is 2. The van der Waals surface area contributed by atoms with E-state index in [0.29, 0.717) is 5.56 Å². The van der Waals surface area contributed by atoms with Gasteiger partial charge < -0.3 is 21.1 Å². The van der Waals surface area contributed by atoms with E-state index in [1.54, 1.807) is 6.07 Å². The van der Waals surface area contributed by atoms with E-state index in [9.17, 15) is 28.9 Å². The van der Waals surface area contributed by atoms with Gasteiger partial charge in [-0.25, -0.2) is 4.39 Å². The number of carbonyl (C=O) groups is 3. The quantitative estimate of drug-likeness (QED) is 0.365. The van der Waals surface area contributed by atoms with Gasteiger partial charge in [-0.15, -0.1) is 0 Å². The van der Waals surface area contributed by atoms with Crippen molar-refractivity contribution >= 4 is 23.4 Å². The van der Waals surface area contributed by atoms with Crippen LogP contribution in [0.25, 0.3) is 0 Å². The molecule has 32 heavy (non-hydrogen) atoms. The van der Waals surface area contributed by atoms with Crippen molar-refractivity contribution in [2.24, 2.45) is 5.73 Å². The van der Waals surface area contributed by atoms with Gasteiger partial charge in [-0.1, -0.05) is 12.1 Å². The molecule has 0 aliphatic carbocycles. The molecule has 0 heterocycles. The van der Waals surface area contributed by atoms with Gasteiger partial charge in [0.2, 0.25) is 17.7 Å². The lowest BCUT2D eigenvalue weighted by molar-refractivity contribution is -0.384. The summed E-state index contributed by atoms with van der Waals surface area (Å²) in [5, 5.41) is 16.0. The van der Waals surface area contributed by atoms with E-state index >= 15 is 0 Å². The predicted octanol–water partition coefficient (Wildman–Crippen LogP) is 1.00. The van der Waals surface area contributed by atoms with Crippen LogP contribution in [0.3, 0.4) is 0 Å². The molecule has 0 fully saturated rings. The fourth-order valence-electron chi connectivity index (χ4n) is 3.11. The van der Waals surface area contributed by atoms with Crippen LogP contribution >= 0.6 is 0 Å². The number of methoxy groups -OCH3 is 1. The summed E-state index contributed by atoms with van der Waals surface area (Å²) in [5.74, 6) is -2.35. The maximum Gasteiger partial charge on any atom is 0.269 e. The van der Waals surface area contributed by atoms with Crippen molar-refractivity contribution < 1.29 is 28.4 Å². The molecule has 2 atom stereocenters. The fraction of sp³-hybridized carbons (Fsp3) is 0.286. The zero-order valence-electron chi connectivity index (χ0n) is 17.5. The first-order chi connectivity index (χ1) is 15.1. The van der Waals surface area contributed by atoms with E-state index in [2.05, 4.69) is 10.6 Å². The number of nitro groups is 1. The van der Waals surface area contributed by atoms with Gasteiger partial charge in [-0.2, -0.15) is 0 Å². The SMILES string of the molecule is COc1ccc([N+](=O)[O-])cc1C[C@@H](NC(=O)[C@@H](Cc1cccc(F)c1)NC(C)=O)C(N)=O. The Morgan fingerprint density at radius 3 is 2.41 bits per heavy atom. The highest BCUT2D eigenvalue weighted by Crippen LogP contribution is 2.25. The lowest BCUT2D eigenvalue weighted by Crippen LogP contribution is -2.54. The average molecular weight is 446 g/mol. The Labute approximate surface area is 183 Å². The summed E-state index contributed by atoms with van der Waals surface area (Å²) in [6.45, 7) is 1.21. The number of halogens is 1. The smallest absolute Gasteiger partial charge is 0.269 e. The number of carbonyl (C=O) groups excluding carboxylic acids is 3. The topological polar surface area (TPSA) is 154 Å². The summed E-state index contributed by atoms with van der Waals surface area (Å²) in [6.07, 6.45) is -0.215. The zero-order chi connectivity index (χ0) is 23.8. The Kier molecular flexibility index (Phi) is 8.22. The van der Waals surface area contributed by atoms with Gasteiger partial charge in [-0.05, 0) is 23.8 Å². The molecular formula is C21H23FN4O6. The summed E-state index contributed by atoms with van der Waals surface area (Å²) >= 11 is 0. The first kappa shape index (κ1) is 24.3. The first-order valence-electron chi connectivity index (χ1n) is 9.53. The van der Waals surface area contributed by atoms with Crippen LogP contribution < -0.4 is 21.1 Å². The number of benzene rings is 2. The molecule has 4 N–H and O–H groups in total. The molecular weight excluding hydrogens is 423 g/mol. The molecule has 10 nitrogen and oxygen atoms in total. The molecule has 0 aliphatic heterocycles. The number of non-ortho nitro benzene ring substituents is 1. The second-order valence-electron chi connectivity index (χ2n) is 7.01. The van der Waals surface area contributed by atoms with Gasteiger partial charge in [0.05, 0.1) is 12.0 Å². The van der Waals surface area contributed by atoms with Crippen LogP contribution in [0.15, 0.2) is 42.5 Å². The molecule has 3 amide bonds. The van der Waals surface area contributed by atoms with E-state index in [1.165, 1.54) is 50.4 Å². The Morgan fingerprint density at radius 2 is 1.84 bits per heavy atom. The maximum atomic E-state index is 13.5. The van der Waals surface area contributed by atoms with Crippen LogP contribution in [0.5, 0.6) is 5.75 Å². The van der Waals surface area contributed by atoms with Crippen molar-refractivity contribution in [1.29, 1.82) is 0 Å². The lowest BCUT2D eigenvalue weighted by atomic mass is 10.0. The zero-order valence-corrected chi connectivity index (χ0v) is 17.5. The van der Waals surface area contributed by atoms with E-state index in [0.717, 1.165) is 0 Å². The molecule has 2 rings (SSSR count). The highest BCUT2D eigenvalue weighted by molar-refractivity contribution is 5.91. The summed E-state index contributed by atoms with van der Waals surface area (Å²) in [5.41, 5.74) is 5.94. The molecule has 2 aromatic rings. The molecule has 11 heteroatoms. The molecule has 0 aromatic heterocycles. The number of amides is 3. The van der Waals surface area contributed by atoms with Crippen LogP contribution in [-0.2, 0) is 27.2 Å². The van der Waals surface area contributed by atoms with Gasteiger partial charge in [0.25, 0.3) is 5.69 Å². The normalized spacial score (nSPS) is 12.3. The third-order valence-electron chi connectivity index (χ3n) is 4.58.